The molecule has 1 heterocycles. The average molecular weight is 300 g/mol. The van der Waals surface area contributed by atoms with E-state index in [1.807, 2.05) is 11.0 Å². The van der Waals surface area contributed by atoms with Crippen molar-refractivity contribution in [2.75, 3.05) is 13.1 Å². The maximum Gasteiger partial charge on any atom is 0.311 e. The molecule has 1 saturated heterocycles. The van der Waals surface area contributed by atoms with Crippen LogP contribution in [0.2, 0.25) is 0 Å². The van der Waals surface area contributed by atoms with Crippen LogP contribution in [0.4, 0.5) is 0 Å². The van der Waals surface area contributed by atoms with Crippen LogP contribution in [-0.2, 0) is 4.79 Å². The number of carbonyl (C=O) groups is 1. The van der Waals surface area contributed by atoms with E-state index in [9.17, 15) is 4.79 Å². The third-order valence-electron chi connectivity index (χ3n) is 3.93. The second kappa shape index (κ2) is 7.46. The number of benzene rings is 1. The van der Waals surface area contributed by atoms with Crippen LogP contribution in [-0.4, -0.2) is 29.9 Å². The van der Waals surface area contributed by atoms with Crippen LogP contribution in [0.3, 0.4) is 0 Å². The van der Waals surface area contributed by atoms with Gasteiger partial charge in [0.05, 0.1) is 11.6 Å². The zero-order valence-electron chi connectivity index (χ0n) is 12.4. The number of esters is 1. The molecule has 1 aliphatic heterocycles. The molecule has 1 aromatic rings. The van der Waals surface area contributed by atoms with Crippen molar-refractivity contribution in [1.29, 1.82) is 10.7 Å². The quantitative estimate of drug-likeness (QED) is 0.382. The number of piperidine rings is 1. The summed E-state index contributed by atoms with van der Waals surface area (Å²) in [6, 6.07) is 8.52. The van der Waals surface area contributed by atoms with Crippen LogP contribution in [0.5, 0.6) is 5.75 Å². The van der Waals surface area contributed by atoms with Gasteiger partial charge in [0.2, 0.25) is 0 Å². The lowest BCUT2D eigenvalue weighted by Gasteiger charge is -2.31. The first-order valence-electron chi connectivity index (χ1n) is 7.38. The van der Waals surface area contributed by atoms with Crippen LogP contribution in [0.25, 0.3) is 0 Å². The molecule has 0 saturated carbocycles. The molecule has 0 spiro atoms. The summed E-state index contributed by atoms with van der Waals surface area (Å²) in [6.45, 7) is 1.56. The summed E-state index contributed by atoms with van der Waals surface area (Å²) in [7, 11) is 0. The topological polar surface area (TPSA) is 103 Å². The number of likely N-dealkylation sites (tertiary alicyclic amines) is 1. The fourth-order valence-electron chi connectivity index (χ4n) is 2.56. The van der Waals surface area contributed by atoms with Gasteiger partial charge in [0, 0.05) is 19.5 Å². The number of hydrogen-bond donors (Lipinski definition) is 2. The van der Waals surface area contributed by atoms with Gasteiger partial charge in [-0.15, -0.1) is 0 Å². The molecule has 1 aliphatic rings. The van der Waals surface area contributed by atoms with Gasteiger partial charge in [-0.1, -0.05) is 0 Å². The average Bonchev–Trinajstić information content (AvgIpc) is 2.54. The number of guanidine groups is 1. The van der Waals surface area contributed by atoms with E-state index in [2.05, 4.69) is 0 Å². The highest BCUT2D eigenvalue weighted by Gasteiger charge is 2.20. The summed E-state index contributed by atoms with van der Waals surface area (Å²) in [5.41, 5.74) is 6.00. The summed E-state index contributed by atoms with van der Waals surface area (Å²) in [4.78, 5) is 13.7. The SMILES string of the molecule is N#Cc1ccc(OC(=O)CCC2CCN(C(=N)N)CC2)cc1. The van der Waals surface area contributed by atoms with Gasteiger partial charge in [-0.25, -0.2) is 0 Å². The lowest BCUT2D eigenvalue weighted by molar-refractivity contribution is -0.134. The highest BCUT2D eigenvalue weighted by molar-refractivity contribution is 5.74. The Morgan fingerprint density at radius 1 is 1.36 bits per heavy atom. The van der Waals surface area contributed by atoms with Crippen molar-refractivity contribution in [3.05, 3.63) is 29.8 Å². The first kappa shape index (κ1) is 15.8. The molecule has 0 aliphatic carbocycles. The van der Waals surface area contributed by atoms with Crippen LogP contribution in [0.15, 0.2) is 24.3 Å². The molecule has 0 amide bonds. The van der Waals surface area contributed by atoms with E-state index in [0.717, 1.165) is 32.4 Å². The second-order valence-electron chi connectivity index (χ2n) is 5.46. The molecule has 0 aromatic heterocycles. The molecule has 6 nitrogen and oxygen atoms in total. The molecule has 6 heteroatoms. The van der Waals surface area contributed by atoms with Crippen molar-refractivity contribution >= 4 is 11.9 Å². The molecule has 0 bridgehead atoms. The molecule has 0 unspecified atom stereocenters. The zero-order chi connectivity index (χ0) is 15.9. The first-order chi connectivity index (χ1) is 10.6. The van der Waals surface area contributed by atoms with Gasteiger partial charge < -0.3 is 15.4 Å². The summed E-state index contributed by atoms with van der Waals surface area (Å²) in [6.07, 6.45) is 3.07. The largest absolute Gasteiger partial charge is 0.427 e. The molecular weight excluding hydrogens is 280 g/mol. The van der Waals surface area contributed by atoms with Crippen molar-refractivity contribution < 1.29 is 9.53 Å². The number of hydrogen-bond acceptors (Lipinski definition) is 4. The molecule has 2 rings (SSSR count). The van der Waals surface area contributed by atoms with Crippen molar-refractivity contribution in [1.82, 2.24) is 4.90 Å². The van der Waals surface area contributed by atoms with Gasteiger partial charge in [-0.3, -0.25) is 10.2 Å². The number of nitrogens with zero attached hydrogens (tertiary/aromatic N) is 2. The predicted octanol–water partition coefficient (Wildman–Crippen LogP) is 1.85. The standard InChI is InChI=1S/C16H20N4O2/c17-11-13-1-4-14(5-2-13)22-15(21)6-3-12-7-9-20(10-8-12)16(18)19/h1-2,4-5,12H,3,6-10H2,(H3,18,19). The van der Waals surface area contributed by atoms with E-state index in [4.69, 9.17) is 21.1 Å². The highest BCUT2D eigenvalue weighted by atomic mass is 16.5. The Morgan fingerprint density at radius 2 is 2.00 bits per heavy atom. The first-order valence-corrected chi connectivity index (χ1v) is 7.38. The van der Waals surface area contributed by atoms with E-state index in [0.29, 0.717) is 23.7 Å². The summed E-state index contributed by atoms with van der Waals surface area (Å²) >= 11 is 0. The van der Waals surface area contributed by atoms with Crippen molar-refractivity contribution in [3.8, 4) is 11.8 Å². The normalized spacial score (nSPS) is 15.1. The third kappa shape index (κ3) is 4.48. The van der Waals surface area contributed by atoms with E-state index in [1.165, 1.54) is 0 Å². The number of nitriles is 1. The van der Waals surface area contributed by atoms with E-state index in [-0.39, 0.29) is 11.9 Å². The molecular formula is C16H20N4O2. The molecule has 1 aromatic carbocycles. The minimum atomic E-state index is -0.251. The Labute approximate surface area is 130 Å². The van der Waals surface area contributed by atoms with Gasteiger partial charge in [0.25, 0.3) is 0 Å². The third-order valence-corrected chi connectivity index (χ3v) is 3.93. The molecule has 0 atom stereocenters. The lowest BCUT2D eigenvalue weighted by atomic mass is 9.92. The Kier molecular flexibility index (Phi) is 5.37. The number of nitrogens with two attached hydrogens (primary N) is 1. The summed E-state index contributed by atoms with van der Waals surface area (Å²) in [5, 5.41) is 16.1. The van der Waals surface area contributed by atoms with E-state index >= 15 is 0 Å². The molecule has 3 N–H and O–H groups in total. The fourth-order valence-corrected chi connectivity index (χ4v) is 2.56. The van der Waals surface area contributed by atoms with Crippen molar-refractivity contribution in [2.24, 2.45) is 11.7 Å². The zero-order valence-corrected chi connectivity index (χ0v) is 12.4. The maximum absolute atomic E-state index is 11.8. The Morgan fingerprint density at radius 3 is 2.55 bits per heavy atom. The summed E-state index contributed by atoms with van der Waals surface area (Å²) < 4.78 is 5.25. The molecule has 0 radical (unpaired) electrons. The Balaban J connectivity index is 1.72. The molecule has 22 heavy (non-hydrogen) atoms. The number of nitrogens with one attached hydrogen (secondary N) is 1. The Bertz CT molecular complexity index is 569. The van der Waals surface area contributed by atoms with Crippen LogP contribution < -0.4 is 10.5 Å². The van der Waals surface area contributed by atoms with Gasteiger partial charge in [-0.2, -0.15) is 5.26 Å². The molecule has 116 valence electrons. The smallest absolute Gasteiger partial charge is 0.311 e. The second-order valence-corrected chi connectivity index (χ2v) is 5.46. The molecule has 1 fully saturated rings. The van der Waals surface area contributed by atoms with Crippen molar-refractivity contribution in [3.63, 3.8) is 0 Å². The number of ether oxygens (including phenoxy) is 1. The van der Waals surface area contributed by atoms with Gasteiger partial charge in [0.15, 0.2) is 5.96 Å². The number of carbonyl (C=O) groups excluding carboxylic acids is 1. The van der Waals surface area contributed by atoms with Crippen LogP contribution >= 0.6 is 0 Å². The van der Waals surface area contributed by atoms with E-state index < -0.39 is 0 Å². The maximum atomic E-state index is 11.8. The van der Waals surface area contributed by atoms with Crippen LogP contribution in [0.1, 0.15) is 31.2 Å². The number of rotatable bonds is 4. The van der Waals surface area contributed by atoms with Crippen LogP contribution in [0, 0.1) is 22.7 Å². The predicted molar refractivity (Wildman–Crippen MR) is 82.2 cm³/mol. The van der Waals surface area contributed by atoms with Gasteiger partial charge >= 0.3 is 5.97 Å². The van der Waals surface area contributed by atoms with E-state index in [1.54, 1.807) is 24.3 Å². The van der Waals surface area contributed by atoms with Gasteiger partial charge in [0.1, 0.15) is 5.75 Å². The Hall–Kier alpha value is -2.55. The summed E-state index contributed by atoms with van der Waals surface area (Å²) in [5.74, 6) is 0.817. The lowest BCUT2D eigenvalue weighted by Crippen LogP contribution is -2.42. The minimum Gasteiger partial charge on any atom is -0.427 e. The van der Waals surface area contributed by atoms with Gasteiger partial charge in [-0.05, 0) is 49.4 Å². The minimum absolute atomic E-state index is 0.124. The van der Waals surface area contributed by atoms with Crippen molar-refractivity contribution in [2.45, 2.75) is 25.7 Å². The monoisotopic (exact) mass is 300 g/mol. The fraction of sp³-hybridized carbons (Fsp3) is 0.438. The highest BCUT2D eigenvalue weighted by Crippen LogP contribution is 2.22.